The number of aryl methyl sites for hydroxylation is 1. The van der Waals surface area contributed by atoms with Gasteiger partial charge in [-0.2, -0.15) is 0 Å². The number of para-hydroxylation sites is 1. The van der Waals surface area contributed by atoms with Crippen LogP contribution in [0.3, 0.4) is 0 Å². The molecule has 3 nitrogen and oxygen atoms in total. The fourth-order valence-corrected chi connectivity index (χ4v) is 2.61. The van der Waals surface area contributed by atoms with Crippen molar-refractivity contribution in [1.29, 1.82) is 0 Å². The molecule has 0 aliphatic carbocycles. The molecule has 1 aliphatic rings. The maximum Gasteiger partial charge on any atom is 0.151 e. The van der Waals surface area contributed by atoms with Gasteiger partial charge in [0.25, 0.3) is 0 Å². The molecule has 0 radical (unpaired) electrons. The minimum absolute atomic E-state index is 0.0285. The number of ether oxygens (including phenoxy) is 2. The second-order valence-electron chi connectivity index (χ2n) is 5.33. The van der Waals surface area contributed by atoms with Gasteiger partial charge >= 0.3 is 0 Å². The number of benzene rings is 2. The normalized spacial score (nSPS) is 20.0. The number of morpholine rings is 1. The van der Waals surface area contributed by atoms with E-state index >= 15 is 0 Å². The summed E-state index contributed by atoms with van der Waals surface area (Å²) in [5.41, 5.74) is 2.29. The molecule has 1 fully saturated rings. The quantitative estimate of drug-likeness (QED) is 0.934. The van der Waals surface area contributed by atoms with E-state index in [-0.39, 0.29) is 12.2 Å². The Morgan fingerprint density at radius 2 is 1.86 bits per heavy atom. The first kappa shape index (κ1) is 14.1. The third-order valence-corrected chi connectivity index (χ3v) is 3.77. The van der Waals surface area contributed by atoms with Crippen LogP contribution in [0.15, 0.2) is 54.6 Å². The van der Waals surface area contributed by atoms with Crippen LogP contribution in [0.2, 0.25) is 0 Å². The predicted molar refractivity (Wildman–Crippen MR) is 83.6 cm³/mol. The highest BCUT2D eigenvalue weighted by Crippen LogP contribution is 2.29. The van der Waals surface area contributed by atoms with Crippen LogP contribution in [-0.2, 0) is 4.74 Å². The minimum Gasteiger partial charge on any atom is -0.483 e. The molecule has 3 rings (SSSR count). The van der Waals surface area contributed by atoms with Crippen molar-refractivity contribution >= 4 is 0 Å². The molecule has 21 heavy (non-hydrogen) atoms. The van der Waals surface area contributed by atoms with Gasteiger partial charge in [0, 0.05) is 13.1 Å². The first-order valence-electron chi connectivity index (χ1n) is 7.44. The second-order valence-corrected chi connectivity index (χ2v) is 5.33. The molecule has 2 aromatic rings. The van der Waals surface area contributed by atoms with E-state index in [1.54, 1.807) is 0 Å². The Hall–Kier alpha value is -1.84. The van der Waals surface area contributed by atoms with Gasteiger partial charge in [0.1, 0.15) is 11.9 Å². The van der Waals surface area contributed by atoms with E-state index in [0.717, 1.165) is 36.6 Å². The van der Waals surface area contributed by atoms with Crippen molar-refractivity contribution in [1.82, 2.24) is 5.32 Å². The summed E-state index contributed by atoms with van der Waals surface area (Å²) in [7, 11) is 0. The average Bonchev–Trinajstić information content (AvgIpc) is 2.56. The Labute approximate surface area is 125 Å². The molecule has 1 heterocycles. The molecule has 0 spiro atoms. The molecule has 110 valence electrons. The molecule has 0 unspecified atom stereocenters. The minimum atomic E-state index is -0.0971. The maximum absolute atomic E-state index is 6.31. The van der Waals surface area contributed by atoms with E-state index in [1.165, 1.54) is 0 Å². The van der Waals surface area contributed by atoms with E-state index in [2.05, 4.69) is 30.4 Å². The van der Waals surface area contributed by atoms with E-state index < -0.39 is 0 Å². The van der Waals surface area contributed by atoms with E-state index in [9.17, 15) is 0 Å². The standard InChI is InChI=1S/C18H21NO2/c1-14-7-5-6-10-16(14)21-18(15-8-3-2-4-9-15)17-13-19-11-12-20-17/h2-10,17-19H,11-13H2,1H3/t17-,18-/m0/s1/i1-1. The molecule has 3 heteroatoms. The highest BCUT2D eigenvalue weighted by Gasteiger charge is 2.28. The lowest BCUT2D eigenvalue weighted by Gasteiger charge is -2.32. The van der Waals surface area contributed by atoms with Gasteiger partial charge < -0.3 is 14.8 Å². The van der Waals surface area contributed by atoms with Crippen molar-refractivity contribution < 1.29 is 9.47 Å². The van der Waals surface area contributed by atoms with E-state index in [1.807, 2.05) is 36.4 Å². The zero-order valence-electron chi connectivity index (χ0n) is 12.3. The second kappa shape index (κ2) is 6.74. The molecule has 0 saturated carbocycles. The van der Waals surface area contributed by atoms with Crippen molar-refractivity contribution in [3.8, 4) is 5.75 Å². The fourth-order valence-electron chi connectivity index (χ4n) is 2.61. The summed E-state index contributed by atoms with van der Waals surface area (Å²) in [6, 6.07) is 18.4. The molecule has 1 saturated heterocycles. The topological polar surface area (TPSA) is 30.5 Å². The van der Waals surface area contributed by atoms with E-state index in [4.69, 9.17) is 9.47 Å². The molecule has 0 aromatic heterocycles. The van der Waals surface area contributed by atoms with Crippen LogP contribution in [0.1, 0.15) is 17.2 Å². The fraction of sp³-hybridized carbons (Fsp3) is 0.333. The summed E-state index contributed by atoms with van der Waals surface area (Å²) in [6.45, 7) is 4.51. The van der Waals surface area contributed by atoms with Crippen molar-refractivity contribution in [2.45, 2.75) is 19.1 Å². The first-order valence-corrected chi connectivity index (χ1v) is 7.44. The van der Waals surface area contributed by atoms with Crippen molar-refractivity contribution in [3.63, 3.8) is 0 Å². The maximum atomic E-state index is 6.31. The molecular formula is C18H21NO2. The lowest BCUT2D eigenvalue weighted by atomic mass is 10.0. The number of rotatable bonds is 4. The van der Waals surface area contributed by atoms with Crippen LogP contribution < -0.4 is 10.1 Å². The Balaban J connectivity index is 1.87. The number of hydrogen-bond acceptors (Lipinski definition) is 3. The summed E-state index contributed by atoms with van der Waals surface area (Å²) in [6.07, 6.45) is -0.0687. The Morgan fingerprint density at radius 3 is 2.57 bits per heavy atom. The Kier molecular flexibility index (Phi) is 4.53. The molecule has 2 atom stereocenters. The van der Waals surface area contributed by atoms with Crippen LogP contribution in [0, 0.1) is 6.92 Å². The van der Waals surface area contributed by atoms with Gasteiger partial charge in [-0.1, -0.05) is 48.5 Å². The van der Waals surface area contributed by atoms with Gasteiger partial charge in [-0.15, -0.1) is 0 Å². The lowest BCUT2D eigenvalue weighted by Crippen LogP contribution is -2.43. The third kappa shape index (κ3) is 3.43. The van der Waals surface area contributed by atoms with Crippen LogP contribution >= 0.6 is 0 Å². The largest absolute Gasteiger partial charge is 0.483 e. The van der Waals surface area contributed by atoms with Gasteiger partial charge in [0.2, 0.25) is 0 Å². The highest BCUT2D eigenvalue weighted by atomic mass is 16.5. The summed E-state index contributed by atoms with van der Waals surface area (Å²) >= 11 is 0. The number of nitrogens with one attached hydrogen (secondary N) is 1. The molecule has 1 aliphatic heterocycles. The summed E-state index contributed by atoms with van der Waals surface area (Å²) in [4.78, 5) is 0. The smallest absolute Gasteiger partial charge is 0.151 e. The van der Waals surface area contributed by atoms with Crippen LogP contribution in [0.25, 0.3) is 0 Å². The van der Waals surface area contributed by atoms with Crippen LogP contribution in [0.5, 0.6) is 5.75 Å². The number of hydrogen-bond donors (Lipinski definition) is 1. The van der Waals surface area contributed by atoms with Gasteiger partial charge in [0.15, 0.2) is 6.10 Å². The average molecular weight is 282 g/mol. The van der Waals surface area contributed by atoms with Gasteiger partial charge in [-0.3, -0.25) is 0 Å². The highest BCUT2D eigenvalue weighted by molar-refractivity contribution is 5.33. The van der Waals surface area contributed by atoms with E-state index in [0.29, 0.717) is 0 Å². The zero-order chi connectivity index (χ0) is 14.5. The zero-order valence-corrected chi connectivity index (χ0v) is 12.3. The van der Waals surface area contributed by atoms with Crippen LogP contribution in [0.4, 0.5) is 0 Å². The van der Waals surface area contributed by atoms with Gasteiger partial charge in [0.05, 0.1) is 6.61 Å². The van der Waals surface area contributed by atoms with Crippen LogP contribution in [-0.4, -0.2) is 25.8 Å². The summed E-state index contributed by atoms with van der Waals surface area (Å²) in [5, 5.41) is 3.38. The van der Waals surface area contributed by atoms with Crippen molar-refractivity contribution in [3.05, 3.63) is 65.7 Å². The SMILES string of the molecule is [11CH3]c1ccccc1O[C@@H](c1ccccc1)[C@@H]1CNCCO1. The Bertz CT molecular complexity index is 564. The first-order chi connectivity index (χ1) is 10.3. The lowest BCUT2D eigenvalue weighted by molar-refractivity contribution is -0.0434. The predicted octanol–water partition coefficient (Wildman–Crippen LogP) is 3.10. The van der Waals surface area contributed by atoms with Crippen molar-refractivity contribution in [2.75, 3.05) is 19.7 Å². The molecule has 2 aromatic carbocycles. The van der Waals surface area contributed by atoms with Gasteiger partial charge in [-0.05, 0) is 24.1 Å². The molecule has 1 N–H and O–H groups in total. The summed E-state index contributed by atoms with van der Waals surface area (Å²) in [5.74, 6) is 0.917. The molecular weight excluding hydrogens is 261 g/mol. The third-order valence-electron chi connectivity index (χ3n) is 3.77. The molecule has 0 bridgehead atoms. The van der Waals surface area contributed by atoms with Gasteiger partial charge in [-0.25, -0.2) is 0 Å². The summed E-state index contributed by atoms with van der Waals surface area (Å²) < 4.78 is 12.2. The Morgan fingerprint density at radius 1 is 1.10 bits per heavy atom. The monoisotopic (exact) mass is 282 g/mol. The van der Waals surface area contributed by atoms with Crippen molar-refractivity contribution in [2.24, 2.45) is 0 Å². The molecule has 0 amide bonds.